The first-order valence-electron chi connectivity index (χ1n) is 7.06. The van der Waals surface area contributed by atoms with E-state index in [1.807, 2.05) is 39.8 Å². The summed E-state index contributed by atoms with van der Waals surface area (Å²) in [4.78, 5) is 11.8. The Bertz CT molecular complexity index is 536. The second-order valence-electron chi connectivity index (χ2n) is 6.46. The smallest absolute Gasteiger partial charge is 0.412 e. The van der Waals surface area contributed by atoms with Crippen LogP contribution in [0.15, 0.2) is 24.8 Å². The van der Waals surface area contributed by atoms with Gasteiger partial charge in [-0.15, -0.1) is 0 Å². The molecule has 1 aliphatic rings. The summed E-state index contributed by atoms with van der Waals surface area (Å²) in [7, 11) is 0. The zero-order valence-electron chi connectivity index (χ0n) is 12.7. The molecule has 0 spiro atoms. The average molecular weight is 273 g/mol. The molecule has 1 aliphatic carbocycles. The van der Waals surface area contributed by atoms with Gasteiger partial charge in [-0.3, -0.25) is 5.32 Å². The number of aryl methyl sites for hydroxylation is 1. The summed E-state index contributed by atoms with van der Waals surface area (Å²) in [5.74, 6) is 0.652. The van der Waals surface area contributed by atoms with Crippen LogP contribution in [0.3, 0.4) is 0 Å². The number of ether oxygens (including phenoxy) is 1. The second-order valence-corrected chi connectivity index (χ2v) is 6.46. The molecule has 1 saturated carbocycles. The second kappa shape index (κ2) is 5.31. The van der Waals surface area contributed by atoms with Gasteiger partial charge in [-0.1, -0.05) is 12.6 Å². The van der Waals surface area contributed by atoms with Gasteiger partial charge < -0.3 is 4.74 Å². The summed E-state index contributed by atoms with van der Waals surface area (Å²) in [5, 5.41) is 2.79. The van der Waals surface area contributed by atoms with Crippen LogP contribution in [-0.2, 0) is 4.74 Å². The molecule has 1 aromatic carbocycles. The van der Waals surface area contributed by atoms with Crippen LogP contribution in [0.25, 0.3) is 5.57 Å². The summed E-state index contributed by atoms with van der Waals surface area (Å²) in [6.45, 7) is 11.7. The van der Waals surface area contributed by atoms with E-state index in [0.29, 0.717) is 5.92 Å². The van der Waals surface area contributed by atoms with E-state index in [1.54, 1.807) is 0 Å². The molecule has 108 valence electrons. The van der Waals surface area contributed by atoms with Gasteiger partial charge in [0.2, 0.25) is 0 Å². The number of amides is 1. The minimum Gasteiger partial charge on any atom is -0.444 e. The van der Waals surface area contributed by atoms with E-state index in [0.717, 1.165) is 11.3 Å². The van der Waals surface area contributed by atoms with Crippen molar-refractivity contribution in [3.63, 3.8) is 0 Å². The van der Waals surface area contributed by atoms with E-state index < -0.39 is 11.7 Å². The lowest BCUT2D eigenvalue weighted by Crippen LogP contribution is -2.27. The van der Waals surface area contributed by atoms with Crippen molar-refractivity contribution in [3.8, 4) is 0 Å². The fourth-order valence-electron chi connectivity index (χ4n) is 2.08. The van der Waals surface area contributed by atoms with Gasteiger partial charge in [0.25, 0.3) is 0 Å². The molecule has 0 bridgehead atoms. The normalized spacial score (nSPS) is 14.8. The quantitative estimate of drug-likeness (QED) is 0.861. The molecule has 0 heterocycles. The van der Waals surface area contributed by atoms with Crippen LogP contribution in [0, 0.1) is 12.8 Å². The highest BCUT2D eigenvalue weighted by Crippen LogP contribution is 2.41. The highest BCUT2D eigenvalue weighted by molar-refractivity contribution is 5.86. The van der Waals surface area contributed by atoms with Crippen LogP contribution in [0.5, 0.6) is 0 Å². The molecule has 0 aliphatic heterocycles. The number of carbonyl (C=O) groups excluding carboxylic acids is 1. The van der Waals surface area contributed by atoms with Gasteiger partial charge in [-0.25, -0.2) is 4.79 Å². The largest absolute Gasteiger partial charge is 0.444 e. The SMILES string of the molecule is C=C(c1ccc(NC(=O)OC(C)(C)C)c(C)c1)C1CC1. The summed E-state index contributed by atoms with van der Waals surface area (Å²) >= 11 is 0. The van der Waals surface area contributed by atoms with Gasteiger partial charge in [0.15, 0.2) is 0 Å². The molecule has 1 N–H and O–H groups in total. The lowest BCUT2D eigenvalue weighted by Gasteiger charge is -2.20. The van der Waals surface area contributed by atoms with Gasteiger partial charge in [-0.05, 0) is 75.3 Å². The summed E-state index contributed by atoms with van der Waals surface area (Å²) < 4.78 is 5.25. The Morgan fingerprint density at radius 2 is 2.00 bits per heavy atom. The van der Waals surface area contributed by atoms with Crippen LogP contribution in [0.2, 0.25) is 0 Å². The first-order valence-corrected chi connectivity index (χ1v) is 7.06. The Kier molecular flexibility index (Phi) is 3.89. The Hall–Kier alpha value is -1.77. The zero-order valence-corrected chi connectivity index (χ0v) is 12.7. The molecule has 20 heavy (non-hydrogen) atoms. The summed E-state index contributed by atoms with van der Waals surface area (Å²) in [6, 6.07) is 6.01. The molecule has 0 atom stereocenters. The van der Waals surface area contributed by atoms with Gasteiger partial charge in [-0.2, -0.15) is 0 Å². The maximum atomic E-state index is 11.8. The fraction of sp³-hybridized carbons (Fsp3) is 0.471. The molecular weight excluding hydrogens is 250 g/mol. The van der Waals surface area contributed by atoms with E-state index in [4.69, 9.17) is 4.74 Å². The lowest BCUT2D eigenvalue weighted by molar-refractivity contribution is 0.0636. The van der Waals surface area contributed by atoms with Gasteiger partial charge >= 0.3 is 6.09 Å². The maximum absolute atomic E-state index is 11.8. The Morgan fingerprint density at radius 1 is 1.35 bits per heavy atom. The van der Waals surface area contributed by atoms with Crippen LogP contribution >= 0.6 is 0 Å². The molecule has 1 aromatic rings. The molecule has 0 aromatic heterocycles. The van der Waals surface area contributed by atoms with Crippen molar-refractivity contribution < 1.29 is 9.53 Å². The van der Waals surface area contributed by atoms with Crippen molar-refractivity contribution in [1.82, 2.24) is 0 Å². The van der Waals surface area contributed by atoms with E-state index in [-0.39, 0.29) is 0 Å². The molecule has 3 nitrogen and oxygen atoms in total. The number of nitrogens with one attached hydrogen (secondary N) is 1. The number of anilines is 1. The topological polar surface area (TPSA) is 38.3 Å². The summed E-state index contributed by atoms with van der Waals surface area (Å²) in [5.41, 5.74) is 3.69. The molecule has 1 fully saturated rings. The van der Waals surface area contributed by atoms with Crippen LogP contribution in [0.1, 0.15) is 44.7 Å². The third-order valence-electron chi connectivity index (χ3n) is 3.30. The van der Waals surface area contributed by atoms with Crippen LogP contribution in [0.4, 0.5) is 10.5 Å². The van der Waals surface area contributed by atoms with Crippen molar-refractivity contribution in [2.45, 2.75) is 46.1 Å². The lowest BCUT2D eigenvalue weighted by atomic mass is 10.0. The van der Waals surface area contributed by atoms with E-state index in [9.17, 15) is 4.79 Å². The Balaban J connectivity index is 2.06. The molecule has 1 amide bonds. The summed E-state index contributed by atoms with van der Waals surface area (Å²) in [6.07, 6.45) is 2.07. The van der Waals surface area contributed by atoms with Crippen LogP contribution in [-0.4, -0.2) is 11.7 Å². The van der Waals surface area contributed by atoms with Crippen molar-refractivity contribution in [1.29, 1.82) is 0 Å². The Labute approximate surface area is 121 Å². The van der Waals surface area contributed by atoms with E-state index in [1.165, 1.54) is 24.0 Å². The molecule has 3 heteroatoms. The monoisotopic (exact) mass is 273 g/mol. The highest BCUT2D eigenvalue weighted by Gasteiger charge is 2.25. The number of benzene rings is 1. The van der Waals surface area contributed by atoms with Crippen molar-refractivity contribution in [2.24, 2.45) is 5.92 Å². The van der Waals surface area contributed by atoms with Crippen molar-refractivity contribution in [2.75, 3.05) is 5.32 Å². The number of carbonyl (C=O) groups is 1. The third kappa shape index (κ3) is 3.86. The maximum Gasteiger partial charge on any atom is 0.412 e. The third-order valence-corrected chi connectivity index (χ3v) is 3.30. The van der Waals surface area contributed by atoms with Gasteiger partial charge in [0.1, 0.15) is 5.60 Å². The molecular formula is C17H23NO2. The molecule has 0 saturated heterocycles. The predicted molar refractivity (Wildman–Crippen MR) is 82.8 cm³/mol. The number of hydrogen-bond acceptors (Lipinski definition) is 2. The average Bonchev–Trinajstić information content (AvgIpc) is 3.12. The van der Waals surface area contributed by atoms with E-state index in [2.05, 4.69) is 18.0 Å². The fourth-order valence-corrected chi connectivity index (χ4v) is 2.08. The first-order chi connectivity index (χ1) is 9.26. The highest BCUT2D eigenvalue weighted by atomic mass is 16.6. The number of hydrogen-bond donors (Lipinski definition) is 1. The van der Waals surface area contributed by atoms with Gasteiger partial charge in [0, 0.05) is 5.69 Å². The Morgan fingerprint density at radius 3 is 2.50 bits per heavy atom. The molecule has 0 unspecified atom stereocenters. The van der Waals surface area contributed by atoms with Crippen molar-refractivity contribution >= 4 is 17.4 Å². The minimum absolute atomic E-state index is 0.422. The number of rotatable bonds is 3. The van der Waals surface area contributed by atoms with E-state index >= 15 is 0 Å². The molecule has 2 rings (SSSR count). The van der Waals surface area contributed by atoms with Crippen molar-refractivity contribution in [3.05, 3.63) is 35.9 Å². The standard InChI is InChI=1S/C17H23NO2/c1-11-10-14(12(2)13-6-7-13)8-9-15(11)18-16(19)20-17(3,4)5/h8-10,13H,2,6-7H2,1,3-5H3,(H,18,19). The first kappa shape index (κ1) is 14.6. The number of allylic oxidation sites excluding steroid dienone is 1. The minimum atomic E-state index is -0.488. The van der Waals surface area contributed by atoms with Gasteiger partial charge in [0.05, 0.1) is 0 Å². The molecule has 0 radical (unpaired) electrons. The van der Waals surface area contributed by atoms with Crippen LogP contribution < -0.4 is 5.32 Å². The predicted octanol–water partition coefficient (Wildman–Crippen LogP) is 4.77. The zero-order chi connectivity index (χ0) is 14.9.